The number of rotatable bonds is 9. The lowest BCUT2D eigenvalue weighted by Gasteiger charge is -2.29. The standard InChI is InChI=1S/C17H29N3O3/c1-6-8-9-14(7-2)17(22)20(12(3)4)11-16(21)18-15-10-13(5)23-19-15/h10,12,14H,6-9,11H2,1-5H3,(H,18,19,21). The second kappa shape index (κ2) is 9.33. The number of carbonyl (C=O) groups excluding carboxylic acids is 2. The van der Waals surface area contributed by atoms with Crippen LogP contribution in [0.5, 0.6) is 0 Å². The summed E-state index contributed by atoms with van der Waals surface area (Å²) in [6.07, 6.45) is 3.77. The summed E-state index contributed by atoms with van der Waals surface area (Å²) in [4.78, 5) is 26.5. The van der Waals surface area contributed by atoms with Gasteiger partial charge in [0.05, 0.1) is 0 Å². The van der Waals surface area contributed by atoms with Crippen LogP contribution in [0.1, 0.15) is 59.1 Å². The summed E-state index contributed by atoms with van der Waals surface area (Å²) in [6.45, 7) is 9.78. The zero-order valence-corrected chi connectivity index (χ0v) is 14.9. The van der Waals surface area contributed by atoms with Gasteiger partial charge in [0, 0.05) is 18.0 Å². The highest BCUT2D eigenvalue weighted by Crippen LogP contribution is 2.18. The Balaban J connectivity index is 2.69. The number of aromatic nitrogens is 1. The van der Waals surface area contributed by atoms with Crippen LogP contribution in [0, 0.1) is 12.8 Å². The van der Waals surface area contributed by atoms with Gasteiger partial charge in [-0.05, 0) is 33.6 Å². The molecule has 0 fully saturated rings. The fourth-order valence-corrected chi connectivity index (χ4v) is 2.46. The van der Waals surface area contributed by atoms with Gasteiger partial charge in [-0.15, -0.1) is 0 Å². The molecule has 130 valence electrons. The average Bonchev–Trinajstić information content (AvgIpc) is 2.90. The maximum Gasteiger partial charge on any atom is 0.245 e. The van der Waals surface area contributed by atoms with Gasteiger partial charge in [0.25, 0.3) is 0 Å². The lowest BCUT2D eigenvalue weighted by Crippen LogP contribution is -2.45. The molecule has 0 aliphatic heterocycles. The van der Waals surface area contributed by atoms with E-state index in [1.807, 2.05) is 20.8 Å². The lowest BCUT2D eigenvalue weighted by molar-refractivity contribution is -0.140. The van der Waals surface area contributed by atoms with Crippen molar-refractivity contribution in [2.75, 3.05) is 11.9 Å². The quantitative estimate of drug-likeness (QED) is 0.756. The first-order chi connectivity index (χ1) is 10.9. The predicted octanol–water partition coefficient (Wildman–Crippen LogP) is 3.37. The van der Waals surface area contributed by atoms with Crippen molar-refractivity contribution in [3.05, 3.63) is 11.8 Å². The van der Waals surface area contributed by atoms with Crippen LogP contribution in [0.4, 0.5) is 5.82 Å². The second-order valence-electron chi connectivity index (χ2n) is 6.18. The Bertz CT molecular complexity index is 511. The van der Waals surface area contributed by atoms with Crippen molar-refractivity contribution in [1.82, 2.24) is 10.1 Å². The van der Waals surface area contributed by atoms with E-state index in [0.717, 1.165) is 25.7 Å². The van der Waals surface area contributed by atoms with Crippen molar-refractivity contribution in [2.24, 2.45) is 5.92 Å². The van der Waals surface area contributed by atoms with Gasteiger partial charge < -0.3 is 14.7 Å². The van der Waals surface area contributed by atoms with Crippen LogP contribution in [0.15, 0.2) is 10.6 Å². The summed E-state index contributed by atoms with van der Waals surface area (Å²) >= 11 is 0. The Morgan fingerprint density at radius 3 is 2.52 bits per heavy atom. The highest BCUT2D eigenvalue weighted by Gasteiger charge is 2.26. The van der Waals surface area contributed by atoms with E-state index in [0.29, 0.717) is 11.6 Å². The molecule has 0 aliphatic rings. The van der Waals surface area contributed by atoms with E-state index in [9.17, 15) is 9.59 Å². The van der Waals surface area contributed by atoms with Crippen molar-refractivity contribution in [1.29, 1.82) is 0 Å². The Morgan fingerprint density at radius 1 is 1.35 bits per heavy atom. The number of anilines is 1. The predicted molar refractivity (Wildman–Crippen MR) is 90.0 cm³/mol. The van der Waals surface area contributed by atoms with Gasteiger partial charge >= 0.3 is 0 Å². The van der Waals surface area contributed by atoms with Crippen LogP contribution in [-0.4, -0.2) is 34.5 Å². The fraction of sp³-hybridized carbons (Fsp3) is 0.706. The van der Waals surface area contributed by atoms with E-state index < -0.39 is 0 Å². The van der Waals surface area contributed by atoms with Gasteiger partial charge in [-0.1, -0.05) is 31.8 Å². The number of hydrogen-bond donors (Lipinski definition) is 1. The Labute approximate surface area is 138 Å². The highest BCUT2D eigenvalue weighted by atomic mass is 16.5. The van der Waals surface area contributed by atoms with Gasteiger partial charge in [-0.2, -0.15) is 0 Å². The maximum absolute atomic E-state index is 12.7. The third-order valence-corrected chi connectivity index (χ3v) is 3.86. The number of hydrogen-bond acceptors (Lipinski definition) is 4. The van der Waals surface area contributed by atoms with Crippen molar-refractivity contribution in [3.8, 4) is 0 Å². The number of amides is 2. The topological polar surface area (TPSA) is 75.4 Å². The van der Waals surface area contributed by atoms with E-state index in [2.05, 4.69) is 17.4 Å². The van der Waals surface area contributed by atoms with Crippen molar-refractivity contribution in [2.45, 2.75) is 66.3 Å². The summed E-state index contributed by atoms with van der Waals surface area (Å²) in [5, 5.41) is 6.40. The number of aryl methyl sites for hydroxylation is 1. The molecule has 0 spiro atoms. The van der Waals surface area contributed by atoms with E-state index in [1.165, 1.54) is 0 Å². The molecule has 0 saturated carbocycles. The zero-order chi connectivity index (χ0) is 17.4. The minimum absolute atomic E-state index is 0.0144. The monoisotopic (exact) mass is 323 g/mol. The SMILES string of the molecule is CCCCC(CC)C(=O)N(CC(=O)Nc1cc(C)on1)C(C)C. The van der Waals surface area contributed by atoms with Gasteiger partial charge in [0.15, 0.2) is 5.82 Å². The van der Waals surface area contributed by atoms with Crippen molar-refractivity contribution in [3.63, 3.8) is 0 Å². The Hall–Kier alpha value is -1.85. The molecule has 0 bridgehead atoms. The third kappa shape index (κ3) is 6.04. The maximum atomic E-state index is 12.7. The van der Waals surface area contributed by atoms with Crippen LogP contribution < -0.4 is 5.32 Å². The lowest BCUT2D eigenvalue weighted by atomic mass is 9.97. The van der Waals surface area contributed by atoms with Gasteiger partial charge in [-0.3, -0.25) is 9.59 Å². The Morgan fingerprint density at radius 2 is 2.04 bits per heavy atom. The summed E-state index contributed by atoms with van der Waals surface area (Å²) in [5.41, 5.74) is 0. The molecule has 1 aromatic heterocycles. The molecule has 1 rings (SSSR count). The largest absolute Gasteiger partial charge is 0.360 e. The highest BCUT2D eigenvalue weighted by molar-refractivity contribution is 5.94. The molecule has 1 unspecified atom stereocenters. The summed E-state index contributed by atoms with van der Waals surface area (Å²) in [6, 6.07) is 1.62. The number of nitrogens with zero attached hydrogens (tertiary/aromatic N) is 2. The van der Waals surface area contributed by atoms with Crippen LogP contribution in [-0.2, 0) is 9.59 Å². The van der Waals surface area contributed by atoms with Crippen LogP contribution in [0.3, 0.4) is 0 Å². The average molecular weight is 323 g/mol. The Kier molecular flexibility index (Phi) is 7.78. The molecule has 23 heavy (non-hydrogen) atoms. The molecule has 0 aliphatic carbocycles. The van der Waals surface area contributed by atoms with Gasteiger partial charge in [-0.25, -0.2) is 0 Å². The molecule has 6 heteroatoms. The molecule has 2 amide bonds. The summed E-state index contributed by atoms with van der Waals surface area (Å²) in [5.74, 6) is 0.789. The van der Waals surface area contributed by atoms with Gasteiger partial charge in [0.2, 0.25) is 11.8 Å². The second-order valence-corrected chi connectivity index (χ2v) is 6.18. The first kappa shape index (κ1) is 19.2. The van der Waals surface area contributed by atoms with E-state index in [4.69, 9.17) is 4.52 Å². The number of carbonyl (C=O) groups is 2. The minimum atomic E-state index is -0.259. The number of unbranched alkanes of at least 4 members (excludes halogenated alkanes) is 1. The first-order valence-corrected chi connectivity index (χ1v) is 8.42. The van der Waals surface area contributed by atoms with E-state index in [1.54, 1.807) is 17.9 Å². The first-order valence-electron chi connectivity index (χ1n) is 8.42. The molecule has 1 atom stereocenters. The van der Waals surface area contributed by atoms with Crippen molar-refractivity contribution >= 4 is 17.6 Å². The molecule has 1 N–H and O–H groups in total. The fourth-order valence-electron chi connectivity index (χ4n) is 2.46. The third-order valence-electron chi connectivity index (χ3n) is 3.86. The molecular formula is C17H29N3O3. The smallest absolute Gasteiger partial charge is 0.245 e. The van der Waals surface area contributed by atoms with E-state index >= 15 is 0 Å². The summed E-state index contributed by atoms with van der Waals surface area (Å²) < 4.78 is 4.92. The van der Waals surface area contributed by atoms with E-state index in [-0.39, 0.29) is 30.3 Å². The number of nitrogens with one attached hydrogen (secondary N) is 1. The van der Waals surface area contributed by atoms with Crippen molar-refractivity contribution < 1.29 is 14.1 Å². The van der Waals surface area contributed by atoms with Crippen LogP contribution in [0.2, 0.25) is 0 Å². The minimum Gasteiger partial charge on any atom is -0.360 e. The molecule has 1 heterocycles. The van der Waals surface area contributed by atoms with Crippen LogP contribution >= 0.6 is 0 Å². The summed E-state index contributed by atoms with van der Waals surface area (Å²) in [7, 11) is 0. The molecule has 6 nitrogen and oxygen atoms in total. The molecule has 0 radical (unpaired) electrons. The van der Waals surface area contributed by atoms with Gasteiger partial charge in [0.1, 0.15) is 12.3 Å². The zero-order valence-electron chi connectivity index (χ0n) is 14.9. The molecule has 0 saturated heterocycles. The normalized spacial score (nSPS) is 12.3. The molecule has 1 aromatic rings. The molecular weight excluding hydrogens is 294 g/mol. The van der Waals surface area contributed by atoms with Crippen LogP contribution in [0.25, 0.3) is 0 Å². The molecule has 0 aromatic carbocycles.